The van der Waals surface area contributed by atoms with E-state index in [1.54, 1.807) is 12.0 Å². The standard InChI is InChI=1S/C21H31N3O4/c1-28-17-8-5-7-16(13-17)14-24-12-6-11-21(27,19(24)26)15-23-20(18(22)25)9-3-2-4-10-20/h5,7-8,13,23,27H,2-4,6,9-12,14-15H2,1H3,(H2,22,25)/t21-/m0/s1. The lowest BCUT2D eigenvalue weighted by atomic mass is 9.80. The number of likely N-dealkylation sites (tertiary alicyclic amines) is 1. The van der Waals surface area contributed by atoms with Crippen molar-refractivity contribution in [1.82, 2.24) is 10.2 Å². The number of ether oxygens (including phenoxy) is 1. The quantitative estimate of drug-likeness (QED) is 0.652. The van der Waals surface area contributed by atoms with Crippen molar-refractivity contribution < 1.29 is 19.4 Å². The third kappa shape index (κ3) is 4.31. The van der Waals surface area contributed by atoms with E-state index in [9.17, 15) is 14.7 Å². The summed E-state index contributed by atoms with van der Waals surface area (Å²) >= 11 is 0. The molecule has 1 aliphatic carbocycles. The number of benzene rings is 1. The van der Waals surface area contributed by atoms with Gasteiger partial charge < -0.3 is 20.5 Å². The van der Waals surface area contributed by atoms with Crippen LogP contribution < -0.4 is 15.8 Å². The molecule has 0 bridgehead atoms. The van der Waals surface area contributed by atoms with Gasteiger partial charge in [0.1, 0.15) is 5.75 Å². The Morgan fingerprint density at radius 1 is 1.25 bits per heavy atom. The second kappa shape index (κ2) is 8.49. The van der Waals surface area contributed by atoms with Crippen LogP contribution in [0.2, 0.25) is 0 Å². The molecule has 0 aromatic heterocycles. The summed E-state index contributed by atoms with van der Waals surface area (Å²) in [5, 5.41) is 14.3. The molecular formula is C21H31N3O4. The number of methoxy groups -OCH3 is 1. The normalized spacial score (nSPS) is 24.8. The molecule has 2 amide bonds. The van der Waals surface area contributed by atoms with E-state index in [0.29, 0.717) is 38.8 Å². The minimum absolute atomic E-state index is 0.0450. The maximum atomic E-state index is 13.0. The first-order valence-corrected chi connectivity index (χ1v) is 10.1. The minimum atomic E-state index is -1.52. The summed E-state index contributed by atoms with van der Waals surface area (Å²) < 4.78 is 5.24. The van der Waals surface area contributed by atoms with E-state index in [4.69, 9.17) is 10.5 Å². The minimum Gasteiger partial charge on any atom is -0.497 e. The number of hydrogen-bond acceptors (Lipinski definition) is 5. The van der Waals surface area contributed by atoms with Crippen LogP contribution in [0.15, 0.2) is 24.3 Å². The maximum Gasteiger partial charge on any atom is 0.256 e. The van der Waals surface area contributed by atoms with Gasteiger partial charge in [0.25, 0.3) is 5.91 Å². The Morgan fingerprint density at radius 3 is 2.68 bits per heavy atom. The molecular weight excluding hydrogens is 358 g/mol. The molecule has 0 spiro atoms. The summed E-state index contributed by atoms with van der Waals surface area (Å²) in [7, 11) is 1.61. The third-order valence-electron chi connectivity index (χ3n) is 6.11. The van der Waals surface area contributed by atoms with Crippen molar-refractivity contribution in [1.29, 1.82) is 0 Å². The fourth-order valence-electron chi connectivity index (χ4n) is 4.35. The Morgan fingerprint density at radius 2 is 2.00 bits per heavy atom. The fraction of sp³-hybridized carbons (Fsp3) is 0.619. The number of rotatable bonds is 7. The van der Waals surface area contributed by atoms with Gasteiger partial charge in [-0.2, -0.15) is 0 Å². The van der Waals surface area contributed by atoms with Crippen LogP contribution in [0.3, 0.4) is 0 Å². The Hall–Kier alpha value is -2.12. The van der Waals surface area contributed by atoms with Gasteiger partial charge in [-0.25, -0.2) is 0 Å². The number of β-amino-alcohol motifs (C(OH)–C–C–N with tert-alkyl or cyclic N) is 1. The van der Waals surface area contributed by atoms with Crippen molar-refractivity contribution in [2.75, 3.05) is 20.2 Å². The van der Waals surface area contributed by atoms with E-state index < -0.39 is 17.0 Å². The Balaban J connectivity index is 1.68. The van der Waals surface area contributed by atoms with Gasteiger partial charge in [-0.05, 0) is 43.4 Å². The summed E-state index contributed by atoms with van der Waals surface area (Å²) in [6.45, 7) is 1.06. The zero-order valence-corrected chi connectivity index (χ0v) is 16.6. The van der Waals surface area contributed by atoms with Gasteiger partial charge in [-0.3, -0.25) is 14.9 Å². The topological polar surface area (TPSA) is 105 Å². The molecule has 4 N–H and O–H groups in total. The average Bonchev–Trinajstić information content (AvgIpc) is 2.71. The SMILES string of the molecule is COc1cccc(CN2CCC[C@](O)(CNC3(C(N)=O)CCCCC3)C2=O)c1. The van der Waals surface area contributed by atoms with Gasteiger partial charge in [0.15, 0.2) is 5.60 Å². The predicted octanol–water partition coefficient (Wildman–Crippen LogP) is 1.33. The molecule has 0 radical (unpaired) electrons. The Kier molecular flexibility index (Phi) is 6.25. The molecule has 1 atom stereocenters. The number of carbonyl (C=O) groups is 2. The molecule has 1 saturated heterocycles. The van der Waals surface area contributed by atoms with Gasteiger partial charge in [-0.1, -0.05) is 31.4 Å². The molecule has 7 nitrogen and oxygen atoms in total. The van der Waals surface area contributed by atoms with Gasteiger partial charge >= 0.3 is 0 Å². The number of amides is 2. The molecule has 2 fully saturated rings. The molecule has 0 unspecified atom stereocenters. The first-order chi connectivity index (χ1) is 13.4. The number of nitrogens with one attached hydrogen (secondary N) is 1. The molecule has 28 heavy (non-hydrogen) atoms. The van der Waals surface area contributed by atoms with Crippen LogP contribution in [0.4, 0.5) is 0 Å². The largest absolute Gasteiger partial charge is 0.497 e. The lowest BCUT2D eigenvalue weighted by Crippen LogP contribution is -2.64. The van der Waals surface area contributed by atoms with Crippen LogP contribution in [0.5, 0.6) is 5.75 Å². The molecule has 1 saturated carbocycles. The lowest BCUT2D eigenvalue weighted by Gasteiger charge is -2.42. The molecule has 154 valence electrons. The highest BCUT2D eigenvalue weighted by molar-refractivity contribution is 5.87. The van der Waals surface area contributed by atoms with Crippen molar-refractivity contribution >= 4 is 11.8 Å². The smallest absolute Gasteiger partial charge is 0.256 e. The van der Waals surface area contributed by atoms with Crippen molar-refractivity contribution in [2.45, 2.75) is 62.6 Å². The summed E-state index contributed by atoms with van der Waals surface area (Å²) in [6.07, 6.45) is 5.31. The van der Waals surface area contributed by atoms with Crippen LogP contribution in [-0.2, 0) is 16.1 Å². The third-order valence-corrected chi connectivity index (χ3v) is 6.11. The summed E-state index contributed by atoms with van der Waals surface area (Å²) in [5.41, 5.74) is 4.28. The number of primary amides is 1. The molecule has 1 aliphatic heterocycles. The Labute approximate surface area is 166 Å². The monoisotopic (exact) mass is 389 g/mol. The van der Waals surface area contributed by atoms with Crippen molar-refractivity contribution in [3.8, 4) is 5.75 Å². The summed E-state index contributed by atoms with van der Waals surface area (Å²) in [4.78, 5) is 26.8. The Bertz CT molecular complexity index is 717. The lowest BCUT2D eigenvalue weighted by molar-refractivity contribution is -0.158. The number of aliphatic hydroxyl groups is 1. The molecule has 1 heterocycles. The highest BCUT2D eigenvalue weighted by atomic mass is 16.5. The zero-order chi connectivity index (χ0) is 20.2. The molecule has 1 aromatic carbocycles. The summed E-state index contributed by atoms with van der Waals surface area (Å²) in [5.74, 6) is 0.0383. The van der Waals surface area contributed by atoms with Crippen molar-refractivity contribution in [3.05, 3.63) is 29.8 Å². The summed E-state index contributed by atoms with van der Waals surface area (Å²) in [6, 6.07) is 7.57. The van der Waals surface area contributed by atoms with E-state index in [1.807, 2.05) is 24.3 Å². The molecule has 3 rings (SSSR count). The van der Waals surface area contributed by atoms with Gasteiger partial charge in [0, 0.05) is 19.6 Å². The molecule has 1 aromatic rings. The van der Waals surface area contributed by atoms with E-state index in [0.717, 1.165) is 30.6 Å². The van der Waals surface area contributed by atoms with Crippen LogP contribution in [-0.4, -0.2) is 53.2 Å². The first-order valence-electron chi connectivity index (χ1n) is 10.1. The fourth-order valence-corrected chi connectivity index (χ4v) is 4.35. The van der Waals surface area contributed by atoms with Crippen LogP contribution in [0.1, 0.15) is 50.5 Å². The van der Waals surface area contributed by atoms with Gasteiger partial charge in [0.05, 0.1) is 12.6 Å². The van der Waals surface area contributed by atoms with E-state index in [-0.39, 0.29) is 12.5 Å². The number of piperidine rings is 1. The number of nitrogens with two attached hydrogens (primary N) is 1. The maximum absolute atomic E-state index is 13.0. The number of carbonyl (C=O) groups excluding carboxylic acids is 2. The highest BCUT2D eigenvalue weighted by Gasteiger charge is 2.45. The van der Waals surface area contributed by atoms with E-state index >= 15 is 0 Å². The highest BCUT2D eigenvalue weighted by Crippen LogP contribution is 2.30. The van der Waals surface area contributed by atoms with Crippen molar-refractivity contribution in [3.63, 3.8) is 0 Å². The predicted molar refractivity (Wildman–Crippen MR) is 106 cm³/mol. The second-order valence-corrected chi connectivity index (χ2v) is 8.07. The number of nitrogens with zero attached hydrogens (tertiary/aromatic N) is 1. The average molecular weight is 389 g/mol. The number of hydrogen-bond donors (Lipinski definition) is 3. The zero-order valence-electron chi connectivity index (χ0n) is 16.6. The second-order valence-electron chi connectivity index (χ2n) is 8.07. The van der Waals surface area contributed by atoms with Crippen molar-refractivity contribution in [2.24, 2.45) is 5.73 Å². The van der Waals surface area contributed by atoms with E-state index in [1.165, 1.54) is 0 Å². The van der Waals surface area contributed by atoms with Gasteiger partial charge in [-0.15, -0.1) is 0 Å². The van der Waals surface area contributed by atoms with Crippen LogP contribution >= 0.6 is 0 Å². The molecule has 7 heteroatoms. The van der Waals surface area contributed by atoms with Crippen LogP contribution in [0.25, 0.3) is 0 Å². The first kappa shape index (κ1) is 20.6. The van der Waals surface area contributed by atoms with Gasteiger partial charge in [0.2, 0.25) is 5.91 Å². The molecule has 2 aliphatic rings. The van der Waals surface area contributed by atoms with Crippen LogP contribution in [0, 0.1) is 0 Å². The van der Waals surface area contributed by atoms with E-state index in [2.05, 4.69) is 5.32 Å².